The van der Waals surface area contributed by atoms with Crippen LogP contribution < -0.4 is 0 Å². The van der Waals surface area contributed by atoms with Crippen molar-refractivity contribution < 1.29 is 13.9 Å². The van der Waals surface area contributed by atoms with Crippen LogP contribution >= 0.6 is 0 Å². The van der Waals surface area contributed by atoms with Gasteiger partial charge in [0.1, 0.15) is 5.60 Å². The summed E-state index contributed by atoms with van der Waals surface area (Å²) in [5, 5.41) is 0. The van der Waals surface area contributed by atoms with Crippen LogP contribution in [-0.4, -0.2) is 54.5 Å². The van der Waals surface area contributed by atoms with Crippen LogP contribution in [-0.2, 0) is 4.74 Å². The van der Waals surface area contributed by atoms with Crippen molar-refractivity contribution >= 4 is 6.09 Å². The van der Waals surface area contributed by atoms with Crippen LogP contribution in [0.15, 0.2) is 0 Å². The average Bonchev–Trinajstić information content (AvgIpc) is 2.06. The van der Waals surface area contributed by atoms with E-state index >= 15 is 0 Å². The minimum absolute atomic E-state index is 0.0887. The molecule has 5 heteroatoms. The van der Waals surface area contributed by atoms with Crippen LogP contribution in [0.25, 0.3) is 0 Å². The molecule has 1 saturated heterocycles. The van der Waals surface area contributed by atoms with Crippen LogP contribution in [0.3, 0.4) is 0 Å². The molecule has 0 radical (unpaired) electrons. The Bertz CT molecular complexity index is 240. The highest BCUT2D eigenvalue weighted by Crippen LogP contribution is 2.14. The molecule has 1 fully saturated rings. The van der Waals surface area contributed by atoms with E-state index in [-0.39, 0.29) is 6.54 Å². The number of carbonyl (C=O) groups is 1. The van der Waals surface area contributed by atoms with Gasteiger partial charge in [0.25, 0.3) is 0 Å². The predicted octanol–water partition coefficient (Wildman–Crippen LogP) is 1.46. The maximum atomic E-state index is 13.3. The van der Waals surface area contributed by atoms with E-state index in [4.69, 9.17) is 4.74 Å². The van der Waals surface area contributed by atoms with Crippen LogP contribution in [0.1, 0.15) is 20.8 Å². The van der Waals surface area contributed by atoms with Crippen molar-refractivity contribution in [2.75, 3.05) is 26.7 Å². The van der Waals surface area contributed by atoms with E-state index in [1.807, 2.05) is 0 Å². The number of rotatable bonds is 0. The van der Waals surface area contributed by atoms with Gasteiger partial charge < -0.3 is 9.64 Å². The fourth-order valence-electron chi connectivity index (χ4n) is 1.32. The Morgan fingerprint density at radius 1 is 1.40 bits per heavy atom. The molecule has 0 spiro atoms. The second-order valence-electron chi connectivity index (χ2n) is 4.84. The molecule has 88 valence electrons. The largest absolute Gasteiger partial charge is 0.444 e. The second kappa shape index (κ2) is 4.35. The minimum Gasteiger partial charge on any atom is -0.444 e. The summed E-state index contributed by atoms with van der Waals surface area (Å²) in [7, 11) is 1.71. The Hall–Kier alpha value is -0.840. The van der Waals surface area contributed by atoms with Gasteiger partial charge in [-0.1, -0.05) is 0 Å². The Balaban J connectivity index is 2.48. The van der Waals surface area contributed by atoms with Crippen LogP contribution in [0.4, 0.5) is 9.18 Å². The van der Waals surface area contributed by atoms with E-state index in [0.717, 1.165) is 0 Å². The fraction of sp³-hybridized carbons (Fsp3) is 0.900. The maximum Gasteiger partial charge on any atom is 0.410 e. The summed E-state index contributed by atoms with van der Waals surface area (Å²) in [6, 6.07) is 0. The zero-order valence-corrected chi connectivity index (χ0v) is 9.79. The summed E-state index contributed by atoms with van der Waals surface area (Å²) in [5.74, 6) is 0. The summed E-state index contributed by atoms with van der Waals surface area (Å²) >= 11 is 0. The topological polar surface area (TPSA) is 32.8 Å². The zero-order chi connectivity index (χ0) is 11.6. The molecule has 0 aliphatic carbocycles. The number of hydrogen-bond donors (Lipinski definition) is 0. The molecule has 0 bridgehead atoms. The zero-order valence-electron chi connectivity index (χ0n) is 9.79. The summed E-state index contributed by atoms with van der Waals surface area (Å²) in [6.45, 7) is 6.55. The van der Waals surface area contributed by atoms with Crippen molar-refractivity contribution in [3.63, 3.8) is 0 Å². The van der Waals surface area contributed by atoms with Gasteiger partial charge in [-0.15, -0.1) is 0 Å². The molecule has 0 N–H and O–H groups in total. The van der Waals surface area contributed by atoms with Gasteiger partial charge in [0.05, 0.1) is 6.54 Å². The van der Waals surface area contributed by atoms with Gasteiger partial charge >= 0.3 is 6.09 Å². The summed E-state index contributed by atoms with van der Waals surface area (Å²) < 4.78 is 18.5. The highest BCUT2D eigenvalue weighted by atomic mass is 19.1. The normalized spacial score (nSPS) is 24.1. The smallest absolute Gasteiger partial charge is 0.410 e. The van der Waals surface area contributed by atoms with Gasteiger partial charge in [0, 0.05) is 13.1 Å². The lowest BCUT2D eigenvalue weighted by Gasteiger charge is -2.35. The first-order valence-corrected chi connectivity index (χ1v) is 5.12. The SMILES string of the molecule is CN1CCN(C(=O)OC(C)(C)C)CC1F. The average molecular weight is 218 g/mol. The van der Waals surface area contributed by atoms with E-state index in [2.05, 4.69) is 0 Å². The number of nitrogens with zero attached hydrogens (tertiary/aromatic N) is 2. The molecule has 1 rings (SSSR count). The van der Waals surface area contributed by atoms with Crippen molar-refractivity contribution in [1.29, 1.82) is 0 Å². The third-order valence-electron chi connectivity index (χ3n) is 2.22. The maximum absolute atomic E-state index is 13.3. The molecular formula is C10H19FN2O2. The van der Waals surface area contributed by atoms with Crippen LogP contribution in [0.2, 0.25) is 0 Å². The van der Waals surface area contributed by atoms with E-state index in [1.165, 1.54) is 4.90 Å². The lowest BCUT2D eigenvalue weighted by molar-refractivity contribution is -0.0152. The van der Waals surface area contributed by atoms with Gasteiger partial charge in [-0.05, 0) is 27.8 Å². The highest BCUT2D eigenvalue weighted by Gasteiger charge is 2.29. The number of likely N-dealkylation sites (N-methyl/N-ethyl adjacent to an activating group) is 1. The van der Waals surface area contributed by atoms with Gasteiger partial charge in [-0.2, -0.15) is 0 Å². The number of piperazine rings is 1. The van der Waals surface area contributed by atoms with Crippen molar-refractivity contribution in [2.45, 2.75) is 32.7 Å². The number of halogens is 1. The molecule has 1 aliphatic heterocycles. The number of hydrogen-bond acceptors (Lipinski definition) is 3. The number of carbonyl (C=O) groups excluding carboxylic acids is 1. The van der Waals surface area contributed by atoms with Crippen LogP contribution in [0, 0.1) is 0 Å². The fourth-order valence-corrected chi connectivity index (χ4v) is 1.32. The summed E-state index contributed by atoms with van der Waals surface area (Å²) in [5.41, 5.74) is -0.522. The van der Waals surface area contributed by atoms with E-state index < -0.39 is 18.0 Å². The summed E-state index contributed by atoms with van der Waals surface area (Å²) in [6.07, 6.45) is -1.52. The lowest BCUT2D eigenvalue weighted by atomic mass is 10.2. The second-order valence-corrected chi connectivity index (χ2v) is 4.84. The van der Waals surface area contributed by atoms with E-state index in [1.54, 1.807) is 32.7 Å². The molecule has 0 aromatic rings. The van der Waals surface area contributed by atoms with Crippen molar-refractivity contribution in [3.05, 3.63) is 0 Å². The Morgan fingerprint density at radius 3 is 2.47 bits per heavy atom. The van der Waals surface area contributed by atoms with Gasteiger partial charge in [-0.3, -0.25) is 4.90 Å². The monoisotopic (exact) mass is 218 g/mol. The quantitative estimate of drug-likeness (QED) is 0.577. The summed E-state index contributed by atoms with van der Waals surface area (Å²) in [4.78, 5) is 14.6. The van der Waals surface area contributed by atoms with Gasteiger partial charge in [0.2, 0.25) is 0 Å². The molecule has 1 unspecified atom stereocenters. The molecule has 15 heavy (non-hydrogen) atoms. The molecule has 1 atom stereocenters. The first-order valence-electron chi connectivity index (χ1n) is 5.12. The van der Waals surface area contributed by atoms with Crippen molar-refractivity contribution in [1.82, 2.24) is 9.80 Å². The standard InChI is InChI=1S/C10H19FN2O2/c1-10(2,3)15-9(14)13-6-5-12(4)8(11)7-13/h8H,5-7H2,1-4H3. The third kappa shape index (κ3) is 3.66. The Morgan fingerprint density at radius 2 is 2.00 bits per heavy atom. The van der Waals surface area contributed by atoms with E-state index in [0.29, 0.717) is 13.1 Å². The predicted molar refractivity (Wildman–Crippen MR) is 55.3 cm³/mol. The van der Waals surface area contributed by atoms with Crippen LogP contribution in [0.5, 0.6) is 0 Å². The van der Waals surface area contributed by atoms with Gasteiger partial charge in [-0.25, -0.2) is 9.18 Å². The Labute approximate surface area is 90.0 Å². The Kier molecular flexibility index (Phi) is 3.54. The van der Waals surface area contributed by atoms with E-state index in [9.17, 15) is 9.18 Å². The third-order valence-corrected chi connectivity index (χ3v) is 2.22. The highest BCUT2D eigenvalue weighted by molar-refractivity contribution is 5.68. The number of ether oxygens (including phenoxy) is 1. The molecule has 4 nitrogen and oxygen atoms in total. The number of amides is 1. The molecule has 0 saturated carbocycles. The minimum atomic E-state index is -1.09. The number of alkyl halides is 1. The van der Waals surface area contributed by atoms with Crippen molar-refractivity contribution in [3.8, 4) is 0 Å². The molecule has 0 aromatic heterocycles. The first-order chi connectivity index (χ1) is 6.79. The molecule has 1 aliphatic rings. The van der Waals surface area contributed by atoms with Gasteiger partial charge in [0.15, 0.2) is 6.30 Å². The lowest BCUT2D eigenvalue weighted by Crippen LogP contribution is -2.52. The molecule has 1 heterocycles. The van der Waals surface area contributed by atoms with Crippen molar-refractivity contribution in [2.24, 2.45) is 0 Å². The molecular weight excluding hydrogens is 199 g/mol. The molecule has 0 aromatic carbocycles. The molecule has 1 amide bonds. The first kappa shape index (κ1) is 12.2.